The van der Waals surface area contributed by atoms with Gasteiger partial charge >= 0.3 is 5.97 Å². The normalized spacial score (nSPS) is 12.0. The number of ketones is 1. The van der Waals surface area contributed by atoms with Crippen LogP contribution in [0.2, 0.25) is 0 Å². The van der Waals surface area contributed by atoms with Crippen LogP contribution in [0.3, 0.4) is 0 Å². The number of esters is 1. The number of aromatic amines is 1. The third-order valence-corrected chi connectivity index (χ3v) is 3.83. The van der Waals surface area contributed by atoms with Gasteiger partial charge in [-0.1, -0.05) is 0 Å². The molecule has 0 amide bonds. The SMILES string of the molecule is COC(=O)c1[nH]c(C)c(C(=O)C(C)NCc2ccncc2)c1C. The van der Waals surface area contributed by atoms with Crippen molar-refractivity contribution in [3.63, 3.8) is 0 Å². The molecule has 1 atom stereocenters. The Labute approximate surface area is 135 Å². The van der Waals surface area contributed by atoms with E-state index in [0.29, 0.717) is 29.1 Å². The van der Waals surface area contributed by atoms with Crippen LogP contribution in [-0.2, 0) is 11.3 Å². The lowest BCUT2D eigenvalue weighted by Crippen LogP contribution is -2.34. The Kier molecular flexibility index (Phi) is 5.28. The highest BCUT2D eigenvalue weighted by Gasteiger charge is 2.25. The van der Waals surface area contributed by atoms with Gasteiger partial charge in [0.15, 0.2) is 5.78 Å². The first-order valence-corrected chi connectivity index (χ1v) is 7.39. The second-order valence-corrected chi connectivity index (χ2v) is 5.44. The number of H-pyrrole nitrogens is 1. The average Bonchev–Trinajstić information content (AvgIpc) is 2.86. The third-order valence-electron chi connectivity index (χ3n) is 3.83. The molecule has 0 saturated carbocycles. The van der Waals surface area contributed by atoms with Crippen molar-refractivity contribution in [3.8, 4) is 0 Å². The minimum Gasteiger partial charge on any atom is -0.464 e. The molecule has 0 radical (unpaired) electrons. The summed E-state index contributed by atoms with van der Waals surface area (Å²) in [4.78, 5) is 31.3. The van der Waals surface area contributed by atoms with Crippen LogP contribution in [-0.4, -0.2) is 34.9 Å². The van der Waals surface area contributed by atoms with Gasteiger partial charge in [-0.3, -0.25) is 9.78 Å². The molecular formula is C17H21N3O3. The summed E-state index contributed by atoms with van der Waals surface area (Å²) in [6, 6.07) is 3.42. The Hall–Kier alpha value is -2.47. The standard InChI is InChI=1S/C17H21N3O3/c1-10-14(11(2)20-15(10)17(22)23-4)16(21)12(3)19-9-13-5-7-18-8-6-13/h5-8,12,19-20H,9H2,1-4H3. The number of pyridine rings is 1. The number of nitrogens with zero attached hydrogens (tertiary/aromatic N) is 1. The first kappa shape index (κ1) is 16.9. The van der Waals surface area contributed by atoms with Crippen LogP contribution in [0.1, 0.15) is 44.6 Å². The second-order valence-electron chi connectivity index (χ2n) is 5.44. The maximum atomic E-state index is 12.7. The van der Waals surface area contributed by atoms with E-state index in [4.69, 9.17) is 4.74 Å². The Balaban J connectivity index is 2.13. The van der Waals surface area contributed by atoms with Crippen molar-refractivity contribution in [1.82, 2.24) is 15.3 Å². The van der Waals surface area contributed by atoms with E-state index in [0.717, 1.165) is 5.56 Å². The number of ether oxygens (including phenoxy) is 1. The van der Waals surface area contributed by atoms with E-state index >= 15 is 0 Å². The fourth-order valence-electron chi connectivity index (χ4n) is 2.51. The summed E-state index contributed by atoms with van der Waals surface area (Å²) in [5, 5.41) is 3.20. The van der Waals surface area contributed by atoms with Crippen molar-refractivity contribution in [2.45, 2.75) is 33.4 Å². The van der Waals surface area contributed by atoms with Gasteiger partial charge < -0.3 is 15.0 Å². The number of nitrogens with one attached hydrogen (secondary N) is 2. The molecule has 0 aliphatic rings. The van der Waals surface area contributed by atoms with Gasteiger partial charge in [-0.15, -0.1) is 0 Å². The molecule has 23 heavy (non-hydrogen) atoms. The van der Waals surface area contributed by atoms with E-state index < -0.39 is 5.97 Å². The van der Waals surface area contributed by atoms with Crippen LogP contribution in [0, 0.1) is 13.8 Å². The Morgan fingerprint density at radius 2 is 1.96 bits per heavy atom. The van der Waals surface area contributed by atoms with Crippen LogP contribution in [0.4, 0.5) is 0 Å². The molecule has 2 N–H and O–H groups in total. The zero-order valence-electron chi connectivity index (χ0n) is 13.8. The molecule has 0 spiro atoms. The molecule has 2 heterocycles. The van der Waals surface area contributed by atoms with Gasteiger partial charge in [0.2, 0.25) is 0 Å². The van der Waals surface area contributed by atoms with E-state index in [1.807, 2.05) is 19.1 Å². The highest BCUT2D eigenvalue weighted by atomic mass is 16.5. The summed E-state index contributed by atoms with van der Waals surface area (Å²) >= 11 is 0. The van der Waals surface area contributed by atoms with Gasteiger partial charge in [-0.2, -0.15) is 0 Å². The third kappa shape index (κ3) is 3.65. The van der Waals surface area contributed by atoms with E-state index in [2.05, 4.69) is 15.3 Å². The second kappa shape index (κ2) is 7.19. The van der Waals surface area contributed by atoms with Crippen LogP contribution >= 0.6 is 0 Å². The Morgan fingerprint density at radius 1 is 1.30 bits per heavy atom. The lowest BCUT2D eigenvalue weighted by molar-refractivity contribution is 0.0594. The van der Waals surface area contributed by atoms with Crippen LogP contribution in [0.25, 0.3) is 0 Å². The van der Waals surface area contributed by atoms with Gasteiger partial charge in [-0.25, -0.2) is 4.79 Å². The Morgan fingerprint density at radius 3 is 2.57 bits per heavy atom. The maximum absolute atomic E-state index is 12.7. The number of carbonyl (C=O) groups excluding carboxylic acids is 2. The predicted molar refractivity (Wildman–Crippen MR) is 86.5 cm³/mol. The monoisotopic (exact) mass is 315 g/mol. The summed E-state index contributed by atoms with van der Waals surface area (Å²) in [5.74, 6) is -0.525. The number of aromatic nitrogens is 2. The lowest BCUT2D eigenvalue weighted by atomic mass is 10.0. The molecule has 2 aromatic heterocycles. The lowest BCUT2D eigenvalue weighted by Gasteiger charge is -2.13. The molecule has 0 aromatic carbocycles. The summed E-state index contributed by atoms with van der Waals surface area (Å²) in [7, 11) is 1.32. The van der Waals surface area contributed by atoms with E-state index in [1.165, 1.54) is 7.11 Å². The average molecular weight is 315 g/mol. The topological polar surface area (TPSA) is 84.1 Å². The summed E-state index contributed by atoms with van der Waals surface area (Å²) < 4.78 is 4.73. The molecule has 2 aromatic rings. The number of hydrogen-bond acceptors (Lipinski definition) is 5. The van der Waals surface area contributed by atoms with Gasteiger partial charge in [0.25, 0.3) is 0 Å². The summed E-state index contributed by atoms with van der Waals surface area (Å²) in [5.41, 5.74) is 3.22. The maximum Gasteiger partial charge on any atom is 0.354 e. The van der Waals surface area contributed by atoms with Crippen LogP contribution < -0.4 is 5.32 Å². The van der Waals surface area contributed by atoms with Gasteiger partial charge in [0, 0.05) is 30.2 Å². The number of hydrogen-bond donors (Lipinski definition) is 2. The predicted octanol–water partition coefficient (Wildman–Crippen LogP) is 2.17. The van der Waals surface area contributed by atoms with Crippen molar-refractivity contribution in [2.24, 2.45) is 0 Å². The molecule has 0 fully saturated rings. The first-order valence-electron chi connectivity index (χ1n) is 7.39. The summed E-state index contributed by atoms with van der Waals surface area (Å²) in [6.45, 7) is 5.91. The molecule has 0 aliphatic heterocycles. The van der Waals surface area contributed by atoms with Crippen molar-refractivity contribution in [3.05, 3.63) is 52.6 Å². The number of rotatable bonds is 6. The van der Waals surface area contributed by atoms with Gasteiger partial charge in [-0.05, 0) is 44.0 Å². The zero-order chi connectivity index (χ0) is 17.0. The van der Waals surface area contributed by atoms with E-state index in [1.54, 1.807) is 26.2 Å². The number of aryl methyl sites for hydroxylation is 1. The zero-order valence-corrected chi connectivity index (χ0v) is 13.8. The number of carbonyl (C=O) groups is 2. The Bertz CT molecular complexity index is 707. The van der Waals surface area contributed by atoms with Crippen molar-refractivity contribution in [2.75, 3.05) is 7.11 Å². The van der Waals surface area contributed by atoms with E-state index in [9.17, 15) is 9.59 Å². The molecular weight excluding hydrogens is 294 g/mol. The highest BCUT2D eigenvalue weighted by Crippen LogP contribution is 2.20. The fraction of sp³-hybridized carbons (Fsp3) is 0.353. The van der Waals surface area contributed by atoms with Crippen molar-refractivity contribution < 1.29 is 14.3 Å². The number of Topliss-reactive ketones (excluding diaryl/α,β-unsaturated/α-hetero) is 1. The molecule has 0 saturated heterocycles. The van der Waals surface area contributed by atoms with Crippen molar-refractivity contribution >= 4 is 11.8 Å². The molecule has 6 heteroatoms. The molecule has 122 valence electrons. The minimum absolute atomic E-state index is 0.0551. The molecule has 0 bridgehead atoms. The van der Waals surface area contributed by atoms with Crippen molar-refractivity contribution in [1.29, 1.82) is 0 Å². The molecule has 2 rings (SSSR count). The first-order chi connectivity index (χ1) is 11.0. The van der Waals surface area contributed by atoms with Gasteiger partial charge in [0.1, 0.15) is 5.69 Å². The quantitative estimate of drug-likeness (QED) is 0.630. The molecule has 0 aliphatic carbocycles. The smallest absolute Gasteiger partial charge is 0.354 e. The minimum atomic E-state index is -0.470. The largest absolute Gasteiger partial charge is 0.464 e. The highest BCUT2D eigenvalue weighted by molar-refractivity contribution is 6.05. The molecule has 1 unspecified atom stereocenters. The number of methoxy groups -OCH3 is 1. The van der Waals surface area contributed by atoms with E-state index in [-0.39, 0.29) is 11.8 Å². The molecule has 6 nitrogen and oxygen atoms in total. The van der Waals surface area contributed by atoms with Gasteiger partial charge in [0.05, 0.1) is 13.2 Å². The van der Waals surface area contributed by atoms with Crippen LogP contribution in [0.5, 0.6) is 0 Å². The van der Waals surface area contributed by atoms with Crippen LogP contribution in [0.15, 0.2) is 24.5 Å². The summed E-state index contributed by atoms with van der Waals surface area (Å²) in [6.07, 6.45) is 3.43. The fourth-order valence-corrected chi connectivity index (χ4v) is 2.51.